The molecule has 1 unspecified atom stereocenters. The van der Waals surface area contributed by atoms with Gasteiger partial charge in [-0.3, -0.25) is 0 Å². The minimum absolute atomic E-state index is 0.00812. The third-order valence-electron chi connectivity index (χ3n) is 1.93. The minimum Gasteiger partial charge on any atom is -0.384 e. The fraction of sp³-hybridized carbons (Fsp3) is 0.333. The predicted molar refractivity (Wildman–Crippen MR) is 50.0 cm³/mol. The summed E-state index contributed by atoms with van der Waals surface area (Å²) in [5.74, 6) is -0.611. The average molecular weight is 204 g/mol. The Labute approximate surface area is 81.1 Å². The fourth-order valence-electron chi connectivity index (χ4n) is 1.03. The second-order valence-electron chi connectivity index (χ2n) is 3.08. The second kappa shape index (κ2) is 3.62. The van der Waals surface area contributed by atoms with Crippen LogP contribution in [0.4, 0.5) is 4.39 Å². The lowest BCUT2D eigenvalue weighted by atomic mass is 9.96. The standard InChI is InChI=1S/C9H11ClFNO/c1-9(13,5-12)6-3-2-4-7(10)8(6)11/h2-4,13H,5,12H2,1H3. The van der Waals surface area contributed by atoms with E-state index in [-0.39, 0.29) is 17.1 Å². The van der Waals surface area contributed by atoms with Gasteiger partial charge < -0.3 is 10.8 Å². The summed E-state index contributed by atoms with van der Waals surface area (Å²) in [4.78, 5) is 0. The zero-order valence-corrected chi connectivity index (χ0v) is 7.98. The van der Waals surface area contributed by atoms with E-state index in [9.17, 15) is 9.50 Å². The van der Waals surface area contributed by atoms with Crippen LogP contribution in [-0.4, -0.2) is 11.7 Å². The van der Waals surface area contributed by atoms with Gasteiger partial charge in [0.15, 0.2) is 0 Å². The van der Waals surface area contributed by atoms with Gasteiger partial charge in [0.1, 0.15) is 11.4 Å². The minimum atomic E-state index is -1.37. The Morgan fingerprint density at radius 3 is 2.77 bits per heavy atom. The molecular formula is C9H11ClFNO. The van der Waals surface area contributed by atoms with Crippen LogP contribution in [0.1, 0.15) is 12.5 Å². The van der Waals surface area contributed by atoms with Crippen LogP contribution in [0.25, 0.3) is 0 Å². The van der Waals surface area contributed by atoms with Crippen molar-refractivity contribution >= 4 is 11.6 Å². The molecular weight excluding hydrogens is 193 g/mol. The van der Waals surface area contributed by atoms with Crippen LogP contribution in [0.15, 0.2) is 18.2 Å². The van der Waals surface area contributed by atoms with Crippen molar-refractivity contribution in [2.45, 2.75) is 12.5 Å². The lowest BCUT2D eigenvalue weighted by Gasteiger charge is -2.22. The maximum absolute atomic E-state index is 13.3. The van der Waals surface area contributed by atoms with Gasteiger partial charge in [-0.1, -0.05) is 23.7 Å². The fourth-order valence-corrected chi connectivity index (χ4v) is 1.20. The van der Waals surface area contributed by atoms with Crippen LogP contribution in [0, 0.1) is 5.82 Å². The highest BCUT2D eigenvalue weighted by Crippen LogP contribution is 2.26. The van der Waals surface area contributed by atoms with E-state index in [4.69, 9.17) is 17.3 Å². The molecule has 0 fully saturated rings. The van der Waals surface area contributed by atoms with Gasteiger partial charge in [-0.2, -0.15) is 0 Å². The van der Waals surface area contributed by atoms with Gasteiger partial charge in [0, 0.05) is 12.1 Å². The van der Waals surface area contributed by atoms with Crippen molar-refractivity contribution in [2.24, 2.45) is 5.73 Å². The van der Waals surface area contributed by atoms with E-state index in [0.29, 0.717) is 0 Å². The van der Waals surface area contributed by atoms with Gasteiger partial charge in [0.25, 0.3) is 0 Å². The summed E-state index contributed by atoms with van der Waals surface area (Å²) in [7, 11) is 0. The average Bonchev–Trinajstić information content (AvgIpc) is 2.09. The maximum Gasteiger partial charge on any atom is 0.147 e. The predicted octanol–water partition coefficient (Wildman–Crippen LogP) is 1.65. The molecule has 3 N–H and O–H groups in total. The number of halogens is 2. The van der Waals surface area contributed by atoms with Gasteiger partial charge in [0.05, 0.1) is 5.02 Å². The van der Waals surface area contributed by atoms with Crippen LogP contribution in [0.2, 0.25) is 5.02 Å². The Morgan fingerprint density at radius 2 is 2.23 bits per heavy atom. The first-order chi connectivity index (χ1) is 5.99. The van der Waals surface area contributed by atoms with E-state index >= 15 is 0 Å². The Hall–Kier alpha value is -0.640. The monoisotopic (exact) mass is 203 g/mol. The second-order valence-corrected chi connectivity index (χ2v) is 3.49. The molecule has 0 aliphatic heterocycles. The number of rotatable bonds is 2. The van der Waals surface area contributed by atoms with Crippen molar-refractivity contribution in [3.63, 3.8) is 0 Å². The Bertz CT molecular complexity index is 314. The highest BCUT2D eigenvalue weighted by atomic mass is 35.5. The largest absolute Gasteiger partial charge is 0.384 e. The summed E-state index contributed by atoms with van der Waals surface area (Å²) in [5.41, 5.74) is 4.06. The van der Waals surface area contributed by atoms with Crippen molar-refractivity contribution in [3.8, 4) is 0 Å². The molecule has 0 spiro atoms. The molecule has 0 bridgehead atoms. The topological polar surface area (TPSA) is 46.2 Å². The lowest BCUT2D eigenvalue weighted by Crippen LogP contribution is -2.32. The molecule has 0 heterocycles. The molecule has 1 atom stereocenters. The molecule has 1 aromatic rings. The molecule has 0 saturated heterocycles. The normalized spacial score (nSPS) is 15.5. The number of benzene rings is 1. The van der Waals surface area contributed by atoms with Crippen molar-refractivity contribution in [3.05, 3.63) is 34.6 Å². The summed E-state index contributed by atoms with van der Waals surface area (Å²) in [5, 5.41) is 9.67. The third-order valence-corrected chi connectivity index (χ3v) is 2.22. The molecule has 0 aliphatic carbocycles. The molecule has 0 amide bonds. The first-order valence-corrected chi connectivity index (χ1v) is 4.24. The first kappa shape index (κ1) is 10.4. The van der Waals surface area contributed by atoms with Crippen molar-refractivity contribution in [1.29, 1.82) is 0 Å². The molecule has 2 nitrogen and oxygen atoms in total. The van der Waals surface area contributed by atoms with Gasteiger partial charge >= 0.3 is 0 Å². The molecule has 1 aromatic carbocycles. The van der Waals surface area contributed by atoms with Crippen LogP contribution >= 0.6 is 11.6 Å². The van der Waals surface area contributed by atoms with E-state index in [1.54, 1.807) is 6.07 Å². The summed E-state index contributed by atoms with van der Waals surface area (Å²) in [6, 6.07) is 4.46. The summed E-state index contributed by atoms with van der Waals surface area (Å²) >= 11 is 5.55. The Kier molecular flexibility index (Phi) is 2.91. The number of hydrogen-bond donors (Lipinski definition) is 2. The van der Waals surface area contributed by atoms with E-state index in [1.165, 1.54) is 19.1 Å². The van der Waals surface area contributed by atoms with Gasteiger partial charge in [0.2, 0.25) is 0 Å². The van der Waals surface area contributed by atoms with E-state index in [0.717, 1.165) is 0 Å². The van der Waals surface area contributed by atoms with E-state index < -0.39 is 11.4 Å². The number of hydrogen-bond acceptors (Lipinski definition) is 2. The summed E-state index contributed by atoms with van der Waals surface area (Å²) in [6.45, 7) is 1.39. The highest BCUT2D eigenvalue weighted by Gasteiger charge is 2.25. The highest BCUT2D eigenvalue weighted by molar-refractivity contribution is 6.30. The first-order valence-electron chi connectivity index (χ1n) is 3.86. The number of aliphatic hydroxyl groups is 1. The molecule has 0 radical (unpaired) electrons. The molecule has 13 heavy (non-hydrogen) atoms. The SMILES string of the molecule is CC(O)(CN)c1cccc(Cl)c1F. The third kappa shape index (κ3) is 1.99. The van der Waals surface area contributed by atoms with Gasteiger partial charge in [-0.05, 0) is 13.0 Å². The van der Waals surface area contributed by atoms with Gasteiger partial charge in [-0.15, -0.1) is 0 Å². The van der Waals surface area contributed by atoms with Crippen molar-refractivity contribution in [2.75, 3.05) is 6.54 Å². The molecule has 0 aliphatic rings. The quantitative estimate of drug-likeness (QED) is 0.768. The summed E-state index contributed by atoms with van der Waals surface area (Å²) in [6.07, 6.45) is 0. The van der Waals surface area contributed by atoms with Crippen molar-refractivity contribution in [1.82, 2.24) is 0 Å². The van der Waals surface area contributed by atoms with Gasteiger partial charge in [-0.25, -0.2) is 4.39 Å². The zero-order valence-electron chi connectivity index (χ0n) is 7.22. The van der Waals surface area contributed by atoms with Crippen LogP contribution in [0.5, 0.6) is 0 Å². The molecule has 72 valence electrons. The molecule has 0 aromatic heterocycles. The van der Waals surface area contributed by atoms with E-state index in [1.807, 2.05) is 0 Å². The van der Waals surface area contributed by atoms with Crippen molar-refractivity contribution < 1.29 is 9.50 Å². The van der Waals surface area contributed by atoms with Crippen LogP contribution in [0.3, 0.4) is 0 Å². The van der Waals surface area contributed by atoms with E-state index in [2.05, 4.69) is 0 Å². The Balaban J connectivity index is 3.22. The molecule has 4 heteroatoms. The molecule has 0 saturated carbocycles. The Morgan fingerprint density at radius 1 is 1.62 bits per heavy atom. The number of nitrogens with two attached hydrogens (primary N) is 1. The zero-order chi connectivity index (χ0) is 10.1. The lowest BCUT2D eigenvalue weighted by molar-refractivity contribution is 0.0629. The van der Waals surface area contributed by atoms with Crippen LogP contribution < -0.4 is 5.73 Å². The smallest absolute Gasteiger partial charge is 0.147 e. The van der Waals surface area contributed by atoms with Crippen LogP contribution in [-0.2, 0) is 5.60 Å². The maximum atomic E-state index is 13.3. The summed E-state index contributed by atoms with van der Waals surface area (Å²) < 4.78 is 13.3. The molecule has 1 rings (SSSR count).